The van der Waals surface area contributed by atoms with Crippen LogP contribution in [0.25, 0.3) is 0 Å². The molecule has 102 valence electrons. The Bertz CT molecular complexity index is 354. The van der Waals surface area contributed by atoms with Crippen LogP contribution in [0.4, 0.5) is 0 Å². The molecule has 0 aromatic carbocycles. The van der Waals surface area contributed by atoms with Gasteiger partial charge in [-0.25, -0.2) is 0 Å². The van der Waals surface area contributed by atoms with E-state index in [-0.39, 0.29) is 5.91 Å². The largest absolute Gasteiger partial charge is 0.353 e. The average Bonchev–Trinajstić information content (AvgIpc) is 2.99. The lowest BCUT2D eigenvalue weighted by molar-refractivity contribution is -0.129. The minimum Gasteiger partial charge on any atom is -0.353 e. The normalized spacial score (nSPS) is 42.1. The van der Waals surface area contributed by atoms with E-state index in [4.69, 9.17) is 11.6 Å². The van der Waals surface area contributed by atoms with Gasteiger partial charge in [0.1, 0.15) is 0 Å². The topological polar surface area (TPSA) is 29.1 Å². The summed E-state index contributed by atoms with van der Waals surface area (Å²) in [6, 6.07) is 0.435. The minimum absolute atomic E-state index is 0.143. The number of halogens is 1. The number of carbonyl (C=O) groups is 1. The standard InChI is InChI=1S/C15H24ClNO/c1-15(2,8-16)14(18)17-13-7-9-6-12(13)11-5-3-4-10(9)11/h9-13H,3-8H2,1-2H3,(H,17,18). The molecule has 3 fully saturated rings. The summed E-state index contributed by atoms with van der Waals surface area (Å²) >= 11 is 5.88. The maximum absolute atomic E-state index is 12.2. The highest BCUT2D eigenvalue weighted by Crippen LogP contribution is 2.58. The quantitative estimate of drug-likeness (QED) is 0.784. The Morgan fingerprint density at radius 2 is 1.94 bits per heavy atom. The second-order valence-corrected chi connectivity index (χ2v) is 7.52. The smallest absolute Gasteiger partial charge is 0.227 e. The first-order valence-electron chi connectivity index (χ1n) is 7.40. The zero-order valence-electron chi connectivity index (χ0n) is 11.4. The monoisotopic (exact) mass is 269 g/mol. The Hall–Kier alpha value is -0.240. The second kappa shape index (κ2) is 4.40. The second-order valence-electron chi connectivity index (χ2n) is 7.25. The molecular formula is C15H24ClNO. The summed E-state index contributed by atoms with van der Waals surface area (Å²) in [5.74, 6) is 4.09. The Morgan fingerprint density at radius 1 is 1.22 bits per heavy atom. The van der Waals surface area contributed by atoms with Crippen molar-refractivity contribution in [3.8, 4) is 0 Å². The molecule has 0 aromatic heterocycles. The van der Waals surface area contributed by atoms with E-state index in [0.717, 1.165) is 23.7 Å². The summed E-state index contributed by atoms with van der Waals surface area (Å²) < 4.78 is 0. The number of hydrogen-bond donors (Lipinski definition) is 1. The third kappa shape index (κ3) is 1.88. The van der Waals surface area contributed by atoms with Crippen LogP contribution in [-0.4, -0.2) is 17.8 Å². The highest BCUT2D eigenvalue weighted by molar-refractivity contribution is 6.19. The Kier molecular flexibility index (Phi) is 3.12. The number of nitrogens with one attached hydrogen (secondary N) is 1. The first-order valence-corrected chi connectivity index (χ1v) is 7.93. The van der Waals surface area contributed by atoms with Gasteiger partial charge in [-0.1, -0.05) is 6.42 Å². The van der Waals surface area contributed by atoms with Crippen molar-refractivity contribution in [2.75, 3.05) is 5.88 Å². The molecule has 5 unspecified atom stereocenters. The number of amides is 1. The minimum atomic E-state index is -0.432. The van der Waals surface area contributed by atoms with Gasteiger partial charge in [-0.15, -0.1) is 11.6 Å². The van der Waals surface area contributed by atoms with Crippen LogP contribution < -0.4 is 5.32 Å². The van der Waals surface area contributed by atoms with Gasteiger partial charge in [0.05, 0.1) is 5.41 Å². The van der Waals surface area contributed by atoms with E-state index in [1.54, 1.807) is 0 Å². The number of alkyl halides is 1. The SMILES string of the molecule is CC(C)(CCl)C(=O)NC1CC2CC1C1CCCC21. The molecule has 0 spiro atoms. The molecular weight excluding hydrogens is 246 g/mol. The molecule has 1 amide bonds. The molecule has 3 heteroatoms. The number of rotatable bonds is 3. The van der Waals surface area contributed by atoms with Crippen LogP contribution in [0.3, 0.4) is 0 Å². The number of hydrogen-bond acceptors (Lipinski definition) is 1. The van der Waals surface area contributed by atoms with Crippen LogP contribution in [-0.2, 0) is 4.79 Å². The predicted octanol–water partition coefficient (Wildman–Crippen LogP) is 3.19. The Morgan fingerprint density at radius 3 is 2.67 bits per heavy atom. The van der Waals surface area contributed by atoms with E-state index in [1.807, 2.05) is 13.8 Å². The van der Waals surface area contributed by atoms with E-state index in [1.165, 1.54) is 32.1 Å². The lowest BCUT2D eigenvalue weighted by atomic mass is 9.78. The Balaban J connectivity index is 1.65. The van der Waals surface area contributed by atoms with E-state index < -0.39 is 5.41 Å². The molecule has 3 aliphatic rings. The predicted molar refractivity (Wildman–Crippen MR) is 73.5 cm³/mol. The molecule has 0 radical (unpaired) electrons. The van der Waals surface area contributed by atoms with E-state index >= 15 is 0 Å². The van der Waals surface area contributed by atoms with Crippen LogP contribution >= 0.6 is 11.6 Å². The van der Waals surface area contributed by atoms with Crippen LogP contribution in [0, 0.1) is 29.1 Å². The first-order chi connectivity index (χ1) is 8.53. The molecule has 0 aliphatic heterocycles. The first kappa shape index (κ1) is 12.8. The van der Waals surface area contributed by atoms with Gasteiger partial charge >= 0.3 is 0 Å². The van der Waals surface area contributed by atoms with Gasteiger partial charge in [-0.05, 0) is 63.2 Å². The van der Waals surface area contributed by atoms with Gasteiger partial charge < -0.3 is 5.32 Å². The summed E-state index contributed by atoms with van der Waals surface area (Å²) in [6.45, 7) is 3.86. The lowest BCUT2D eigenvalue weighted by Gasteiger charge is -2.34. The maximum atomic E-state index is 12.2. The molecule has 0 heterocycles. The summed E-state index contributed by atoms with van der Waals surface area (Å²) in [4.78, 5) is 12.2. The number of carbonyl (C=O) groups excluding carboxylic acids is 1. The van der Waals surface area contributed by atoms with Gasteiger partial charge in [0.2, 0.25) is 5.91 Å². The van der Waals surface area contributed by atoms with Crippen LogP contribution in [0.2, 0.25) is 0 Å². The molecule has 3 aliphatic carbocycles. The van der Waals surface area contributed by atoms with Crippen molar-refractivity contribution in [2.45, 2.75) is 52.0 Å². The van der Waals surface area contributed by atoms with Crippen molar-refractivity contribution >= 4 is 17.5 Å². The zero-order chi connectivity index (χ0) is 12.9. The van der Waals surface area contributed by atoms with Gasteiger partial charge in [-0.2, -0.15) is 0 Å². The molecule has 18 heavy (non-hydrogen) atoms. The average molecular weight is 270 g/mol. The van der Waals surface area contributed by atoms with Crippen molar-refractivity contribution in [1.82, 2.24) is 5.32 Å². The fourth-order valence-electron chi connectivity index (χ4n) is 4.66. The lowest BCUT2D eigenvalue weighted by Crippen LogP contribution is -2.47. The third-order valence-corrected chi connectivity index (χ3v) is 6.36. The molecule has 3 rings (SSSR count). The molecule has 1 N–H and O–H groups in total. The van der Waals surface area contributed by atoms with Crippen LogP contribution in [0.1, 0.15) is 46.0 Å². The molecule has 0 saturated heterocycles. The summed E-state index contributed by atoms with van der Waals surface area (Å²) in [5.41, 5.74) is -0.432. The zero-order valence-corrected chi connectivity index (χ0v) is 12.2. The number of fused-ring (bicyclic) bond motifs is 5. The fourth-order valence-corrected chi connectivity index (χ4v) is 4.78. The van der Waals surface area contributed by atoms with Gasteiger partial charge in [0.25, 0.3) is 0 Å². The summed E-state index contributed by atoms with van der Waals surface area (Å²) in [5, 5.41) is 3.29. The fraction of sp³-hybridized carbons (Fsp3) is 0.933. The van der Waals surface area contributed by atoms with Crippen LogP contribution in [0.5, 0.6) is 0 Å². The van der Waals surface area contributed by atoms with Crippen molar-refractivity contribution in [1.29, 1.82) is 0 Å². The summed E-state index contributed by atoms with van der Waals surface area (Å²) in [7, 11) is 0. The maximum Gasteiger partial charge on any atom is 0.227 e. The third-order valence-electron chi connectivity index (χ3n) is 5.69. The molecule has 2 bridgehead atoms. The highest BCUT2D eigenvalue weighted by atomic mass is 35.5. The van der Waals surface area contributed by atoms with Crippen molar-refractivity contribution < 1.29 is 4.79 Å². The molecule has 5 atom stereocenters. The van der Waals surface area contributed by atoms with Crippen LogP contribution in [0.15, 0.2) is 0 Å². The van der Waals surface area contributed by atoms with E-state index in [2.05, 4.69) is 5.32 Å². The van der Waals surface area contributed by atoms with Gasteiger partial charge in [-0.3, -0.25) is 4.79 Å². The summed E-state index contributed by atoms with van der Waals surface area (Å²) in [6.07, 6.45) is 6.84. The highest BCUT2D eigenvalue weighted by Gasteiger charge is 2.54. The Labute approximate surface area is 115 Å². The molecule has 3 saturated carbocycles. The van der Waals surface area contributed by atoms with Gasteiger partial charge in [0.15, 0.2) is 0 Å². The van der Waals surface area contributed by atoms with E-state index in [9.17, 15) is 4.79 Å². The van der Waals surface area contributed by atoms with Gasteiger partial charge in [0, 0.05) is 11.9 Å². The van der Waals surface area contributed by atoms with Crippen molar-refractivity contribution in [3.63, 3.8) is 0 Å². The van der Waals surface area contributed by atoms with Crippen molar-refractivity contribution in [2.24, 2.45) is 29.1 Å². The van der Waals surface area contributed by atoms with E-state index in [0.29, 0.717) is 11.9 Å². The van der Waals surface area contributed by atoms with Crippen molar-refractivity contribution in [3.05, 3.63) is 0 Å². The molecule has 2 nitrogen and oxygen atoms in total. The molecule has 0 aromatic rings.